The molecule has 1 N–H and O–H groups in total. The highest BCUT2D eigenvalue weighted by Crippen LogP contribution is 2.07. The smallest absolute Gasteiger partial charge is 0.0561 e. The Kier molecular flexibility index (Phi) is 7.12. The predicted octanol–water partition coefficient (Wildman–Crippen LogP) is 4.83. The molecule has 0 aliphatic carbocycles. The van der Waals surface area contributed by atoms with E-state index in [1.807, 2.05) is 30.3 Å². The fourth-order valence-corrected chi connectivity index (χ4v) is 1.71. The van der Waals surface area contributed by atoms with Crippen molar-refractivity contribution in [3.8, 4) is 0 Å². The second-order valence-electron chi connectivity index (χ2n) is 4.49. The summed E-state index contributed by atoms with van der Waals surface area (Å²) in [6.07, 6.45) is 7.71. The molecule has 1 aromatic rings. The molecule has 0 spiro atoms. The lowest BCUT2D eigenvalue weighted by molar-refractivity contribution is 0.643. The molecule has 1 rings (SSSR count). The molecule has 0 fully saturated rings. The zero-order chi connectivity index (χ0) is 12.3. The van der Waals surface area contributed by atoms with Crippen molar-refractivity contribution in [2.24, 2.45) is 5.10 Å². The Morgan fingerprint density at radius 3 is 2.47 bits per heavy atom. The van der Waals surface area contributed by atoms with Crippen LogP contribution in [0.4, 0.5) is 5.69 Å². The number of para-hydroxylation sites is 1. The summed E-state index contributed by atoms with van der Waals surface area (Å²) < 4.78 is 0. The van der Waals surface area contributed by atoms with Crippen LogP contribution in [0.1, 0.15) is 52.4 Å². The lowest BCUT2D eigenvalue weighted by Crippen LogP contribution is -1.97. The van der Waals surface area contributed by atoms with Crippen molar-refractivity contribution in [1.82, 2.24) is 0 Å². The molecule has 1 aromatic carbocycles. The molecule has 0 saturated carbocycles. The molecular weight excluding hydrogens is 208 g/mol. The molecule has 2 nitrogen and oxygen atoms in total. The van der Waals surface area contributed by atoms with Crippen LogP contribution in [-0.4, -0.2) is 5.71 Å². The Bertz CT molecular complexity index is 317. The summed E-state index contributed by atoms with van der Waals surface area (Å²) in [6.45, 7) is 4.34. The Balaban J connectivity index is 2.17. The van der Waals surface area contributed by atoms with Crippen molar-refractivity contribution in [1.29, 1.82) is 0 Å². The van der Waals surface area contributed by atoms with Gasteiger partial charge in [-0.25, -0.2) is 0 Å². The van der Waals surface area contributed by atoms with E-state index in [1.165, 1.54) is 37.8 Å². The maximum absolute atomic E-state index is 4.38. The van der Waals surface area contributed by atoms with Crippen molar-refractivity contribution >= 4 is 11.4 Å². The number of benzene rings is 1. The number of hydrogen-bond donors (Lipinski definition) is 1. The van der Waals surface area contributed by atoms with Crippen molar-refractivity contribution in [3.63, 3.8) is 0 Å². The van der Waals surface area contributed by atoms with Crippen molar-refractivity contribution < 1.29 is 0 Å². The van der Waals surface area contributed by atoms with Gasteiger partial charge in [-0.15, -0.1) is 0 Å². The van der Waals surface area contributed by atoms with Crippen LogP contribution in [0.15, 0.2) is 35.4 Å². The molecule has 0 bridgehead atoms. The number of nitrogens with zero attached hydrogens (tertiary/aromatic N) is 1. The van der Waals surface area contributed by atoms with Gasteiger partial charge in [0, 0.05) is 5.71 Å². The van der Waals surface area contributed by atoms with E-state index in [4.69, 9.17) is 0 Å². The normalized spacial score (nSPS) is 11.5. The quantitative estimate of drug-likeness (QED) is 0.387. The van der Waals surface area contributed by atoms with E-state index in [0.717, 1.165) is 12.1 Å². The van der Waals surface area contributed by atoms with Crippen molar-refractivity contribution in [2.45, 2.75) is 52.4 Å². The second-order valence-corrected chi connectivity index (χ2v) is 4.49. The minimum Gasteiger partial charge on any atom is -0.279 e. The molecule has 0 amide bonds. The molecule has 0 radical (unpaired) electrons. The monoisotopic (exact) mass is 232 g/mol. The summed E-state index contributed by atoms with van der Waals surface area (Å²) in [5.41, 5.74) is 5.32. The van der Waals surface area contributed by atoms with E-state index in [2.05, 4.69) is 24.4 Å². The van der Waals surface area contributed by atoms with Gasteiger partial charge in [0.1, 0.15) is 0 Å². The van der Waals surface area contributed by atoms with E-state index >= 15 is 0 Å². The van der Waals surface area contributed by atoms with Gasteiger partial charge in [0.15, 0.2) is 0 Å². The Morgan fingerprint density at radius 1 is 1.06 bits per heavy atom. The summed E-state index contributed by atoms with van der Waals surface area (Å²) >= 11 is 0. The Labute approximate surface area is 105 Å². The molecule has 17 heavy (non-hydrogen) atoms. The van der Waals surface area contributed by atoms with Crippen LogP contribution in [-0.2, 0) is 0 Å². The highest BCUT2D eigenvalue weighted by Gasteiger charge is 1.93. The zero-order valence-electron chi connectivity index (χ0n) is 11.1. The van der Waals surface area contributed by atoms with Crippen molar-refractivity contribution in [3.05, 3.63) is 30.3 Å². The van der Waals surface area contributed by atoms with E-state index in [-0.39, 0.29) is 0 Å². The molecule has 0 aromatic heterocycles. The van der Waals surface area contributed by atoms with Crippen molar-refractivity contribution in [2.75, 3.05) is 5.43 Å². The zero-order valence-corrected chi connectivity index (χ0v) is 11.1. The molecule has 0 saturated heterocycles. The summed E-state index contributed by atoms with van der Waals surface area (Å²) in [5, 5.41) is 4.38. The third-order valence-corrected chi connectivity index (χ3v) is 2.79. The molecule has 0 atom stereocenters. The lowest BCUT2D eigenvalue weighted by Gasteiger charge is -2.03. The second kappa shape index (κ2) is 8.80. The highest BCUT2D eigenvalue weighted by atomic mass is 15.3. The van der Waals surface area contributed by atoms with Gasteiger partial charge >= 0.3 is 0 Å². The first kappa shape index (κ1) is 13.8. The van der Waals surface area contributed by atoms with E-state index in [1.54, 1.807) is 0 Å². The minimum absolute atomic E-state index is 1.05. The molecule has 94 valence electrons. The van der Waals surface area contributed by atoms with Gasteiger partial charge in [0.25, 0.3) is 0 Å². The largest absolute Gasteiger partial charge is 0.279 e. The van der Waals surface area contributed by atoms with Gasteiger partial charge in [-0.05, 0) is 31.9 Å². The summed E-state index contributed by atoms with van der Waals surface area (Å²) in [4.78, 5) is 0. The Morgan fingerprint density at radius 2 is 1.76 bits per heavy atom. The standard InChI is InChI=1S/C15H24N2/c1-3-4-5-6-8-11-14(2)16-17-15-12-9-7-10-13-15/h7,9-10,12-13,17H,3-6,8,11H2,1-2H3. The first-order chi connectivity index (χ1) is 8.33. The number of hydrazone groups is 1. The van der Waals surface area contributed by atoms with Crippen LogP contribution in [0.25, 0.3) is 0 Å². The van der Waals surface area contributed by atoms with E-state index < -0.39 is 0 Å². The van der Waals surface area contributed by atoms with Crippen LogP contribution in [0, 0.1) is 0 Å². The predicted molar refractivity (Wildman–Crippen MR) is 76.5 cm³/mol. The van der Waals surface area contributed by atoms with Gasteiger partial charge in [0.2, 0.25) is 0 Å². The van der Waals surface area contributed by atoms with Gasteiger partial charge < -0.3 is 0 Å². The van der Waals surface area contributed by atoms with Crippen LogP contribution >= 0.6 is 0 Å². The molecule has 0 aliphatic rings. The topological polar surface area (TPSA) is 24.4 Å². The summed E-state index contributed by atoms with van der Waals surface area (Å²) in [7, 11) is 0. The molecule has 2 heteroatoms. The first-order valence-corrected chi connectivity index (χ1v) is 6.67. The Hall–Kier alpha value is -1.31. The van der Waals surface area contributed by atoms with Crippen LogP contribution in [0.2, 0.25) is 0 Å². The maximum atomic E-state index is 4.38. The average Bonchev–Trinajstić information content (AvgIpc) is 2.37. The fraction of sp³-hybridized carbons (Fsp3) is 0.533. The molecule has 0 aliphatic heterocycles. The third kappa shape index (κ3) is 6.77. The van der Waals surface area contributed by atoms with Crippen LogP contribution in [0.3, 0.4) is 0 Å². The lowest BCUT2D eigenvalue weighted by atomic mass is 10.1. The van der Waals surface area contributed by atoms with Crippen LogP contribution in [0.5, 0.6) is 0 Å². The van der Waals surface area contributed by atoms with E-state index in [9.17, 15) is 0 Å². The summed E-state index contributed by atoms with van der Waals surface area (Å²) in [6, 6.07) is 10.1. The maximum Gasteiger partial charge on any atom is 0.0561 e. The number of nitrogens with one attached hydrogen (secondary N) is 1. The number of unbranched alkanes of at least 4 members (excludes halogenated alkanes) is 4. The number of hydrogen-bond acceptors (Lipinski definition) is 2. The molecular formula is C15H24N2. The van der Waals surface area contributed by atoms with Crippen LogP contribution < -0.4 is 5.43 Å². The number of anilines is 1. The average molecular weight is 232 g/mol. The van der Waals surface area contributed by atoms with Gasteiger partial charge in [-0.2, -0.15) is 5.10 Å². The minimum atomic E-state index is 1.05. The third-order valence-electron chi connectivity index (χ3n) is 2.79. The molecule has 0 unspecified atom stereocenters. The highest BCUT2D eigenvalue weighted by molar-refractivity contribution is 5.82. The van der Waals surface area contributed by atoms with Gasteiger partial charge in [0.05, 0.1) is 5.69 Å². The van der Waals surface area contributed by atoms with E-state index in [0.29, 0.717) is 0 Å². The SMILES string of the molecule is CCCCCCCC(C)=NNc1ccccc1. The number of rotatable bonds is 8. The first-order valence-electron chi connectivity index (χ1n) is 6.67. The summed E-state index contributed by atoms with van der Waals surface area (Å²) in [5.74, 6) is 0. The van der Waals surface area contributed by atoms with Gasteiger partial charge in [-0.3, -0.25) is 5.43 Å². The fourth-order valence-electron chi connectivity index (χ4n) is 1.71. The molecule has 0 heterocycles. The van der Waals surface area contributed by atoms with Gasteiger partial charge in [-0.1, -0.05) is 50.8 Å².